The molecule has 0 aromatic heterocycles. The first-order valence-electron chi connectivity index (χ1n) is 4.20. The van der Waals surface area contributed by atoms with Crippen LogP contribution in [0.3, 0.4) is 0 Å². The number of nitrogens with zero attached hydrogens (tertiary/aromatic N) is 1. The van der Waals surface area contributed by atoms with Gasteiger partial charge in [0.05, 0.1) is 0 Å². The minimum atomic E-state index is 0. The standard InChI is InChI=1S/C8H17NO.ClH/c1-2-9-5-3-8(7-10)4-6-9;/h8,10H,2-7H2,1H3;1H. The summed E-state index contributed by atoms with van der Waals surface area (Å²) in [6.07, 6.45) is 2.37. The highest BCUT2D eigenvalue weighted by Gasteiger charge is 2.16. The number of aliphatic hydroxyl groups is 1. The van der Waals surface area contributed by atoms with Gasteiger partial charge in [0.25, 0.3) is 0 Å². The monoisotopic (exact) mass is 179 g/mol. The van der Waals surface area contributed by atoms with Crippen LogP contribution in [0.2, 0.25) is 0 Å². The van der Waals surface area contributed by atoms with Gasteiger partial charge in [-0.2, -0.15) is 0 Å². The molecule has 0 amide bonds. The molecule has 0 aromatic rings. The molecule has 1 heterocycles. The van der Waals surface area contributed by atoms with E-state index < -0.39 is 0 Å². The molecule has 1 aliphatic rings. The lowest BCUT2D eigenvalue weighted by Crippen LogP contribution is -2.34. The van der Waals surface area contributed by atoms with Crippen LogP contribution in [0.4, 0.5) is 0 Å². The van der Waals surface area contributed by atoms with Gasteiger partial charge in [-0.15, -0.1) is 12.4 Å². The lowest BCUT2D eigenvalue weighted by molar-refractivity contribution is 0.135. The van der Waals surface area contributed by atoms with Crippen molar-refractivity contribution in [1.29, 1.82) is 0 Å². The number of hydrogen-bond donors (Lipinski definition) is 1. The Bertz CT molecular complexity index is 80.1. The van der Waals surface area contributed by atoms with E-state index in [4.69, 9.17) is 5.11 Å². The molecule has 0 spiro atoms. The minimum Gasteiger partial charge on any atom is -0.396 e. The van der Waals surface area contributed by atoms with Crippen molar-refractivity contribution in [3.8, 4) is 0 Å². The maximum Gasteiger partial charge on any atom is 0.0460 e. The van der Waals surface area contributed by atoms with Crippen molar-refractivity contribution >= 4 is 12.4 Å². The van der Waals surface area contributed by atoms with Crippen LogP contribution >= 0.6 is 12.4 Å². The van der Waals surface area contributed by atoms with Gasteiger partial charge in [0.2, 0.25) is 0 Å². The average molecular weight is 180 g/mol. The minimum absolute atomic E-state index is 0. The predicted molar refractivity (Wildman–Crippen MR) is 49.2 cm³/mol. The summed E-state index contributed by atoms with van der Waals surface area (Å²) in [7, 11) is 0. The number of piperidine rings is 1. The van der Waals surface area contributed by atoms with Crippen molar-refractivity contribution in [2.45, 2.75) is 19.8 Å². The molecule has 1 fully saturated rings. The third-order valence-electron chi connectivity index (χ3n) is 2.41. The molecule has 1 saturated heterocycles. The molecule has 0 aromatic carbocycles. The second-order valence-electron chi connectivity index (χ2n) is 3.06. The molecule has 0 atom stereocenters. The summed E-state index contributed by atoms with van der Waals surface area (Å²) >= 11 is 0. The van der Waals surface area contributed by atoms with E-state index in [1.165, 1.54) is 25.9 Å². The van der Waals surface area contributed by atoms with Gasteiger partial charge in [0.15, 0.2) is 0 Å². The largest absolute Gasteiger partial charge is 0.396 e. The normalized spacial score (nSPS) is 21.3. The van der Waals surface area contributed by atoms with E-state index in [9.17, 15) is 0 Å². The maximum absolute atomic E-state index is 8.83. The van der Waals surface area contributed by atoms with Crippen LogP contribution in [0.15, 0.2) is 0 Å². The fourth-order valence-corrected chi connectivity index (χ4v) is 1.49. The zero-order valence-electron chi connectivity index (χ0n) is 7.12. The van der Waals surface area contributed by atoms with E-state index in [1.54, 1.807) is 0 Å². The maximum atomic E-state index is 8.83. The van der Waals surface area contributed by atoms with Gasteiger partial charge in [-0.25, -0.2) is 0 Å². The van der Waals surface area contributed by atoms with E-state index in [-0.39, 0.29) is 12.4 Å². The molecule has 1 rings (SSSR count). The van der Waals surface area contributed by atoms with E-state index in [2.05, 4.69) is 11.8 Å². The molecular formula is C8H18ClNO. The Labute approximate surface area is 75.0 Å². The Kier molecular flexibility index (Phi) is 5.92. The van der Waals surface area contributed by atoms with Crippen LogP contribution < -0.4 is 0 Å². The van der Waals surface area contributed by atoms with Crippen molar-refractivity contribution < 1.29 is 5.11 Å². The SMILES string of the molecule is CCN1CCC(CO)CC1.Cl. The molecule has 2 nitrogen and oxygen atoms in total. The number of halogens is 1. The zero-order chi connectivity index (χ0) is 7.40. The summed E-state index contributed by atoms with van der Waals surface area (Å²) in [6, 6.07) is 0. The zero-order valence-corrected chi connectivity index (χ0v) is 7.94. The molecule has 0 unspecified atom stereocenters. The first kappa shape index (κ1) is 11.2. The van der Waals surface area contributed by atoms with Gasteiger partial charge < -0.3 is 10.0 Å². The Morgan fingerprint density at radius 3 is 2.27 bits per heavy atom. The molecule has 0 saturated carbocycles. The van der Waals surface area contributed by atoms with E-state index in [1.807, 2.05) is 0 Å². The average Bonchev–Trinajstić information content (AvgIpc) is 2.05. The first-order valence-corrected chi connectivity index (χ1v) is 4.20. The number of aliphatic hydroxyl groups excluding tert-OH is 1. The van der Waals surface area contributed by atoms with Gasteiger partial charge in [0.1, 0.15) is 0 Å². The van der Waals surface area contributed by atoms with Crippen LogP contribution in [-0.4, -0.2) is 36.2 Å². The summed E-state index contributed by atoms with van der Waals surface area (Å²) in [5.74, 6) is 0.586. The summed E-state index contributed by atoms with van der Waals surface area (Å²) in [4.78, 5) is 2.44. The summed E-state index contributed by atoms with van der Waals surface area (Å²) in [5, 5.41) is 8.83. The van der Waals surface area contributed by atoms with Crippen LogP contribution in [0.5, 0.6) is 0 Å². The molecule has 1 aliphatic heterocycles. The van der Waals surface area contributed by atoms with Crippen molar-refractivity contribution in [2.75, 3.05) is 26.2 Å². The molecule has 0 bridgehead atoms. The third-order valence-corrected chi connectivity index (χ3v) is 2.41. The van der Waals surface area contributed by atoms with Crippen molar-refractivity contribution in [3.05, 3.63) is 0 Å². The second kappa shape index (κ2) is 5.81. The topological polar surface area (TPSA) is 23.5 Å². The van der Waals surface area contributed by atoms with Crippen molar-refractivity contribution in [2.24, 2.45) is 5.92 Å². The van der Waals surface area contributed by atoms with Crippen LogP contribution in [-0.2, 0) is 0 Å². The van der Waals surface area contributed by atoms with Gasteiger partial charge in [-0.1, -0.05) is 6.92 Å². The molecule has 3 heteroatoms. The van der Waals surface area contributed by atoms with E-state index in [0.29, 0.717) is 12.5 Å². The van der Waals surface area contributed by atoms with Gasteiger partial charge in [0, 0.05) is 6.61 Å². The van der Waals surface area contributed by atoms with Crippen LogP contribution in [0.25, 0.3) is 0 Å². The molecular weight excluding hydrogens is 162 g/mol. The summed E-state index contributed by atoms with van der Waals surface area (Å²) < 4.78 is 0. The quantitative estimate of drug-likeness (QED) is 0.687. The predicted octanol–water partition coefficient (Wildman–Crippen LogP) is 1.13. The Balaban J connectivity index is 0.000001000. The Morgan fingerprint density at radius 1 is 1.36 bits per heavy atom. The number of rotatable bonds is 2. The Hall–Kier alpha value is 0.210. The van der Waals surface area contributed by atoms with Gasteiger partial charge in [-0.3, -0.25) is 0 Å². The van der Waals surface area contributed by atoms with Crippen LogP contribution in [0.1, 0.15) is 19.8 Å². The van der Waals surface area contributed by atoms with E-state index >= 15 is 0 Å². The van der Waals surface area contributed by atoms with Gasteiger partial charge >= 0.3 is 0 Å². The molecule has 0 radical (unpaired) electrons. The number of hydrogen-bond acceptors (Lipinski definition) is 2. The molecule has 1 N–H and O–H groups in total. The fourth-order valence-electron chi connectivity index (χ4n) is 1.49. The first-order chi connectivity index (χ1) is 4.86. The lowest BCUT2D eigenvalue weighted by Gasteiger charge is -2.29. The fraction of sp³-hybridized carbons (Fsp3) is 1.00. The van der Waals surface area contributed by atoms with E-state index in [0.717, 1.165) is 6.54 Å². The van der Waals surface area contributed by atoms with Crippen molar-refractivity contribution in [3.63, 3.8) is 0 Å². The highest BCUT2D eigenvalue weighted by atomic mass is 35.5. The van der Waals surface area contributed by atoms with Crippen LogP contribution in [0, 0.1) is 5.92 Å². The second-order valence-corrected chi connectivity index (χ2v) is 3.06. The smallest absolute Gasteiger partial charge is 0.0460 e. The lowest BCUT2D eigenvalue weighted by atomic mass is 9.98. The summed E-state index contributed by atoms with van der Waals surface area (Å²) in [6.45, 7) is 6.11. The Morgan fingerprint density at radius 2 is 1.91 bits per heavy atom. The highest BCUT2D eigenvalue weighted by molar-refractivity contribution is 5.85. The van der Waals surface area contributed by atoms with Gasteiger partial charge in [-0.05, 0) is 38.4 Å². The summed E-state index contributed by atoms with van der Waals surface area (Å²) in [5.41, 5.74) is 0. The number of likely N-dealkylation sites (tertiary alicyclic amines) is 1. The third kappa shape index (κ3) is 3.41. The molecule has 68 valence electrons. The molecule has 11 heavy (non-hydrogen) atoms. The molecule has 0 aliphatic carbocycles. The highest BCUT2D eigenvalue weighted by Crippen LogP contribution is 2.15. The van der Waals surface area contributed by atoms with Crippen molar-refractivity contribution in [1.82, 2.24) is 4.90 Å².